The first-order valence-electron chi connectivity index (χ1n) is 9.81. The molecule has 1 heterocycles. The molecule has 4 rings (SSSR count). The number of likely N-dealkylation sites (tertiary alicyclic amines) is 1. The summed E-state index contributed by atoms with van der Waals surface area (Å²) in [5, 5.41) is 9.70. The Bertz CT molecular complexity index is 950. The number of carboxylic acids is 1. The number of aliphatic carboxylic acids is 1. The Balaban J connectivity index is 1.43. The van der Waals surface area contributed by atoms with Gasteiger partial charge in [0, 0.05) is 24.2 Å². The number of benzene rings is 2. The fourth-order valence-corrected chi connectivity index (χ4v) is 4.54. The third kappa shape index (κ3) is 3.50. The molecular weight excluding hydrogens is 370 g/mol. The van der Waals surface area contributed by atoms with Crippen LogP contribution < -0.4 is 4.74 Å². The Morgan fingerprint density at radius 1 is 1.00 bits per heavy atom. The van der Waals surface area contributed by atoms with Crippen LogP contribution in [0.4, 0.5) is 0 Å². The first-order valence-corrected chi connectivity index (χ1v) is 9.81. The highest BCUT2D eigenvalue weighted by molar-refractivity contribution is 5.95. The van der Waals surface area contributed by atoms with Crippen LogP contribution in [0.5, 0.6) is 11.5 Å². The van der Waals surface area contributed by atoms with Crippen LogP contribution in [0, 0.1) is 11.3 Å². The third-order valence-corrected chi connectivity index (χ3v) is 6.18. The Morgan fingerprint density at radius 2 is 1.59 bits per heavy atom. The zero-order valence-corrected chi connectivity index (χ0v) is 16.3. The lowest BCUT2D eigenvalue weighted by atomic mass is 9.81. The molecule has 0 unspecified atom stereocenters. The lowest BCUT2D eigenvalue weighted by Gasteiger charge is -2.23. The molecule has 1 saturated carbocycles. The van der Waals surface area contributed by atoms with Crippen LogP contribution >= 0.6 is 0 Å². The predicted octanol–water partition coefficient (Wildman–Crippen LogP) is 4.01. The summed E-state index contributed by atoms with van der Waals surface area (Å²) in [6, 6.07) is 13.7. The number of rotatable bonds is 5. The van der Waals surface area contributed by atoms with Gasteiger partial charge in [-0.25, -0.2) is 0 Å². The molecule has 1 saturated heterocycles. The topological polar surface area (TPSA) is 83.9 Å². The molecule has 2 atom stereocenters. The van der Waals surface area contributed by atoms with Gasteiger partial charge in [-0.05, 0) is 74.2 Å². The molecule has 0 bridgehead atoms. The quantitative estimate of drug-likeness (QED) is 0.776. The molecule has 2 fully saturated rings. The van der Waals surface area contributed by atoms with Gasteiger partial charge in [0.15, 0.2) is 5.78 Å². The van der Waals surface area contributed by atoms with Crippen molar-refractivity contribution in [2.24, 2.45) is 11.3 Å². The second-order valence-corrected chi connectivity index (χ2v) is 7.94. The second kappa shape index (κ2) is 7.35. The summed E-state index contributed by atoms with van der Waals surface area (Å²) in [6.45, 7) is 2.30. The van der Waals surface area contributed by atoms with Crippen molar-refractivity contribution >= 4 is 17.7 Å². The Morgan fingerprint density at radius 3 is 2.10 bits per heavy atom. The third-order valence-electron chi connectivity index (χ3n) is 6.18. The van der Waals surface area contributed by atoms with Crippen LogP contribution in [-0.4, -0.2) is 40.8 Å². The molecule has 1 aliphatic heterocycles. The van der Waals surface area contributed by atoms with E-state index in [1.54, 1.807) is 53.4 Å². The van der Waals surface area contributed by atoms with Crippen molar-refractivity contribution in [3.05, 3.63) is 59.7 Å². The number of carboxylic acid groups (broad SMARTS) is 1. The van der Waals surface area contributed by atoms with Gasteiger partial charge < -0.3 is 14.7 Å². The lowest BCUT2D eigenvalue weighted by molar-refractivity contribution is -0.149. The molecule has 2 aliphatic rings. The molecule has 6 heteroatoms. The zero-order chi connectivity index (χ0) is 20.6. The standard InChI is InChI=1S/C23H23NO5/c1-15(25)16-4-8-19(9-5-16)29-20-10-6-17(7-11-20)21(26)24-13-18-3-2-12-23(18,14-24)22(27)28/h4-11,18H,2-3,12-14H2,1H3,(H,27,28)/t18-,23+/m0/s1. The number of fused-ring (bicyclic) bond motifs is 1. The molecule has 2 aromatic rings. The average Bonchev–Trinajstić information content (AvgIpc) is 3.27. The lowest BCUT2D eigenvalue weighted by Crippen LogP contribution is -2.37. The highest BCUT2D eigenvalue weighted by Crippen LogP contribution is 2.49. The van der Waals surface area contributed by atoms with Gasteiger partial charge in [-0.15, -0.1) is 0 Å². The molecule has 2 aromatic carbocycles. The maximum absolute atomic E-state index is 12.9. The summed E-state index contributed by atoms with van der Waals surface area (Å²) in [7, 11) is 0. The summed E-state index contributed by atoms with van der Waals surface area (Å²) in [5.41, 5.74) is 0.364. The van der Waals surface area contributed by atoms with Crippen LogP contribution in [0.3, 0.4) is 0 Å². The first-order chi connectivity index (χ1) is 13.9. The van der Waals surface area contributed by atoms with Crippen molar-refractivity contribution in [3.63, 3.8) is 0 Å². The molecule has 1 aliphatic carbocycles. The number of hydrogen-bond acceptors (Lipinski definition) is 4. The predicted molar refractivity (Wildman–Crippen MR) is 106 cm³/mol. The molecule has 0 spiro atoms. The number of hydrogen-bond donors (Lipinski definition) is 1. The largest absolute Gasteiger partial charge is 0.481 e. The van der Waals surface area contributed by atoms with Crippen LogP contribution in [0.2, 0.25) is 0 Å². The SMILES string of the molecule is CC(=O)c1ccc(Oc2ccc(C(=O)N3C[C@@H]4CCC[C@@]4(C(=O)O)C3)cc2)cc1. The van der Waals surface area contributed by atoms with E-state index in [0.29, 0.717) is 35.6 Å². The van der Waals surface area contributed by atoms with Gasteiger partial charge in [-0.2, -0.15) is 0 Å². The fourth-order valence-electron chi connectivity index (χ4n) is 4.54. The summed E-state index contributed by atoms with van der Waals surface area (Å²) in [5.74, 6) is 0.300. The normalized spacial score (nSPS) is 22.9. The number of ether oxygens (including phenoxy) is 1. The Kier molecular flexibility index (Phi) is 4.86. The van der Waals surface area contributed by atoms with E-state index in [2.05, 4.69) is 0 Å². The molecule has 1 N–H and O–H groups in total. The minimum Gasteiger partial charge on any atom is -0.481 e. The van der Waals surface area contributed by atoms with E-state index < -0.39 is 11.4 Å². The van der Waals surface area contributed by atoms with Gasteiger partial charge in [0.2, 0.25) is 0 Å². The van der Waals surface area contributed by atoms with E-state index in [4.69, 9.17) is 4.74 Å². The summed E-state index contributed by atoms with van der Waals surface area (Å²) < 4.78 is 5.77. The molecule has 6 nitrogen and oxygen atoms in total. The maximum atomic E-state index is 12.9. The van der Waals surface area contributed by atoms with Gasteiger partial charge in [-0.1, -0.05) is 6.42 Å². The van der Waals surface area contributed by atoms with Crippen LogP contribution in [-0.2, 0) is 4.79 Å². The molecular formula is C23H23NO5. The number of amides is 1. The second-order valence-electron chi connectivity index (χ2n) is 7.94. The summed E-state index contributed by atoms with van der Waals surface area (Å²) >= 11 is 0. The number of nitrogens with zero attached hydrogens (tertiary/aromatic N) is 1. The van der Waals surface area contributed by atoms with Crippen LogP contribution in [0.15, 0.2) is 48.5 Å². The molecule has 150 valence electrons. The van der Waals surface area contributed by atoms with Crippen molar-refractivity contribution in [1.82, 2.24) is 4.90 Å². The van der Waals surface area contributed by atoms with Gasteiger partial charge >= 0.3 is 5.97 Å². The average molecular weight is 393 g/mol. The van der Waals surface area contributed by atoms with Crippen molar-refractivity contribution in [1.29, 1.82) is 0 Å². The Hall–Kier alpha value is -3.15. The van der Waals surface area contributed by atoms with E-state index in [0.717, 1.165) is 12.8 Å². The van der Waals surface area contributed by atoms with E-state index in [1.807, 2.05) is 0 Å². The van der Waals surface area contributed by atoms with Crippen molar-refractivity contribution in [2.45, 2.75) is 26.2 Å². The first kappa shape index (κ1) is 19.2. The molecule has 29 heavy (non-hydrogen) atoms. The number of ketones is 1. The Labute approximate surface area is 169 Å². The summed E-state index contributed by atoms with van der Waals surface area (Å²) in [4.78, 5) is 37.7. The van der Waals surface area contributed by atoms with Crippen molar-refractivity contribution in [2.75, 3.05) is 13.1 Å². The molecule has 0 aromatic heterocycles. The zero-order valence-electron chi connectivity index (χ0n) is 16.3. The van der Waals surface area contributed by atoms with Crippen molar-refractivity contribution < 1.29 is 24.2 Å². The fraction of sp³-hybridized carbons (Fsp3) is 0.348. The number of Topliss-reactive ketones (excluding diaryl/α,β-unsaturated/α-hetero) is 1. The minimum atomic E-state index is -0.783. The van der Waals surface area contributed by atoms with Crippen molar-refractivity contribution in [3.8, 4) is 11.5 Å². The van der Waals surface area contributed by atoms with E-state index in [-0.39, 0.29) is 24.2 Å². The number of carbonyl (C=O) groups is 3. The van der Waals surface area contributed by atoms with E-state index in [1.165, 1.54) is 6.92 Å². The number of carbonyl (C=O) groups excluding carboxylic acids is 2. The summed E-state index contributed by atoms with van der Waals surface area (Å²) in [6.07, 6.45) is 2.43. The molecule has 1 amide bonds. The monoisotopic (exact) mass is 393 g/mol. The van der Waals surface area contributed by atoms with Crippen LogP contribution in [0.1, 0.15) is 46.9 Å². The smallest absolute Gasteiger partial charge is 0.311 e. The van der Waals surface area contributed by atoms with Gasteiger partial charge in [0.1, 0.15) is 11.5 Å². The highest BCUT2D eigenvalue weighted by Gasteiger charge is 2.55. The van der Waals surface area contributed by atoms with Gasteiger partial charge in [-0.3, -0.25) is 14.4 Å². The van der Waals surface area contributed by atoms with Gasteiger partial charge in [0.25, 0.3) is 5.91 Å². The molecule has 0 radical (unpaired) electrons. The van der Waals surface area contributed by atoms with E-state index >= 15 is 0 Å². The minimum absolute atomic E-state index is 0.00449. The van der Waals surface area contributed by atoms with E-state index in [9.17, 15) is 19.5 Å². The maximum Gasteiger partial charge on any atom is 0.311 e. The highest BCUT2D eigenvalue weighted by atomic mass is 16.5. The van der Waals surface area contributed by atoms with Gasteiger partial charge in [0.05, 0.1) is 5.41 Å². The van der Waals surface area contributed by atoms with Crippen LogP contribution in [0.25, 0.3) is 0 Å².